The van der Waals surface area contributed by atoms with Gasteiger partial charge in [0.25, 0.3) is 17.5 Å². The number of carbonyl (C=O) groups is 3. The molecule has 0 aliphatic carbocycles. The van der Waals surface area contributed by atoms with E-state index in [1.54, 1.807) is 86.6 Å². The third-order valence-corrected chi connectivity index (χ3v) is 8.08. The fourth-order valence-electron chi connectivity index (χ4n) is 4.49. The molecule has 0 saturated heterocycles. The SMILES string of the molecule is COc1cc(/C=C(/NC(=O)c2ccccc2)C(=O)Nc2cccc(SC(C)C(=O)Nc3cc([N+](=O)[O-])ccc3C)c2)cc(OC)c1OC. The van der Waals surface area contributed by atoms with Crippen molar-refractivity contribution in [2.75, 3.05) is 32.0 Å². The van der Waals surface area contributed by atoms with Gasteiger partial charge in [-0.05, 0) is 73.5 Å². The van der Waals surface area contributed by atoms with Crippen molar-refractivity contribution in [2.24, 2.45) is 0 Å². The third-order valence-electron chi connectivity index (χ3n) is 6.99. The largest absolute Gasteiger partial charge is 0.493 e. The van der Waals surface area contributed by atoms with Crippen LogP contribution in [0.4, 0.5) is 17.1 Å². The number of hydrogen-bond acceptors (Lipinski definition) is 9. The van der Waals surface area contributed by atoms with Crippen molar-refractivity contribution in [2.45, 2.75) is 24.0 Å². The van der Waals surface area contributed by atoms with Crippen molar-refractivity contribution in [1.29, 1.82) is 0 Å². The van der Waals surface area contributed by atoms with Crippen LogP contribution < -0.4 is 30.2 Å². The molecule has 0 aromatic heterocycles. The van der Waals surface area contributed by atoms with Crippen LogP contribution in [-0.2, 0) is 9.59 Å². The number of benzene rings is 4. The predicted octanol–water partition coefficient (Wildman–Crippen LogP) is 6.46. The Balaban J connectivity index is 1.56. The van der Waals surface area contributed by atoms with Gasteiger partial charge in [-0.15, -0.1) is 11.8 Å². The molecule has 4 aromatic rings. The number of anilines is 2. The average Bonchev–Trinajstić information content (AvgIpc) is 3.08. The van der Waals surface area contributed by atoms with E-state index < -0.39 is 22.0 Å². The van der Waals surface area contributed by atoms with Crippen molar-refractivity contribution in [3.63, 3.8) is 0 Å². The van der Waals surface area contributed by atoms with Crippen molar-refractivity contribution in [3.8, 4) is 17.2 Å². The molecule has 13 heteroatoms. The lowest BCUT2D eigenvalue weighted by molar-refractivity contribution is -0.384. The Morgan fingerprint density at radius 3 is 2.17 bits per heavy atom. The molecule has 0 fully saturated rings. The highest BCUT2D eigenvalue weighted by Crippen LogP contribution is 2.38. The minimum absolute atomic E-state index is 0.0590. The highest BCUT2D eigenvalue weighted by Gasteiger charge is 2.20. The maximum Gasteiger partial charge on any atom is 0.272 e. The van der Waals surface area contributed by atoms with Crippen LogP contribution in [-0.4, -0.2) is 49.2 Å². The first kappa shape index (κ1) is 35.0. The fraction of sp³-hybridized carbons (Fsp3) is 0.171. The van der Waals surface area contributed by atoms with E-state index in [1.165, 1.54) is 51.3 Å². The van der Waals surface area contributed by atoms with Gasteiger partial charge in [0.2, 0.25) is 11.7 Å². The zero-order valence-electron chi connectivity index (χ0n) is 26.9. The Labute approximate surface area is 281 Å². The molecule has 4 rings (SSSR count). The zero-order chi connectivity index (χ0) is 34.8. The van der Waals surface area contributed by atoms with E-state index in [0.717, 1.165) is 0 Å². The summed E-state index contributed by atoms with van der Waals surface area (Å²) in [6.07, 6.45) is 1.49. The standard InChI is InChI=1S/C35H34N4O8S/c1-21-14-15-26(39(43)44)20-28(21)37-33(40)22(2)48-27-13-9-12-25(19-27)36-35(42)29(38-34(41)24-10-7-6-8-11-24)16-23-17-30(45-3)32(47-5)31(18-23)46-4/h6-20,22H,1-5H3,(H,36,42)(H,37,40)(H,38,41)/b29-16+. The molecule has 0 aliphatic heterocycles. The van der Waals surface area contributed by atoms with E-state index in [1.807, 2.05) is 0 Å². The van der Waals surface area contributed by atoms with Crippen LogP contribution in [0.15, 0.2) is 95.5 Å². The Hall–Kier alpha value is -5.82. The van der Waals surface area contributed by atoms with Crippen molar-refractivity contribution in [1.82, 2.24) is 5.32 Å². The van der Waals surface area contributed by atoms with Gasteiger partial charge in [0.05, 0.1) is 37.2 Å². The molecule has 248 valence electrons. The van der Waals surface area contributed by atoms with E-state index in [9.17, 15) is 24.5 Å². The molecule has 12 nitrogen and oxygen atoms in total. The van der Waals surface area contributed by atoms with Crippen LogP contribution in [0, 0.1) is 17.0 Å². The smallest absolute Gasteiger partial charge is 0.272 e. The highest BCUT2D eigenvalue weighted by atomic mass is 32.2. The molecule has 3 N–H and O–H groups in total. The number of ether oxygens (including phenoxy) is 3. The molecule has 0 spiro atoms. The molecule has 1 atom stereocenters. The second kappa shape index (κ2) is 16.1. The lowest BCUT2D eigenvalue weighted by Crippen LogP contribution is -2.30. The van der Waals surface area contributed by atoms with Crippen molar-refractivity contribution in [3.05, 3.63) is 117 Å². The summed E-state index contributed by atoms with van der Waals surface area (Å²) in [6.45, 7) is 3.45. The quantitative estimate of drug-likeness (QED) is 0.0628. The Kier molecular flexibility index (Phi) is 11.8. The normalized spacial score (nSPS) is 11.6. The van der Waals surface area contributed by atoms with Gasteiger partial charge in [-0.25, -0.2) is 0 Å². The van der Waals surface area contributed by atoms with Gasteiger partial charge in [0, 0.05) is 28.3 Å². The van der Waals surface area contributed by atoms with Crippen LogP contribution in [0.2, 0.25) is 0 Å². The Bertz CT molecular complexity index is 1840. The second-order valence-corrected chi connectivity index (χ2v) is 11.7. The first-order valence-corrected chi connectivity index (χ1v) is 15.4. The van der Waals surface area contributed by atoms with Gasteiger partial charge in [0.15, 0.2) is 11.5 Å². The van der Waals surface area contributed by atoms with Gasteiger partial charge in [-0.2, -0.15) is 0 Å². The topological polar surface area (TPSA) is 158 Å². The molecular formula is C35H34N4O8S. The molecule has 0 bridgehead atoms. The highest BCUT2D eigenvalue weighted by molar-refractivity contribution is 8.00. The van der Waals surface area contributed by atoms with E-state index in [4.69, 9.17) is 14.2 Å². The number of nitrogens with one attached hydrogen (secondary N) is 3. The van der Waals surface area contributed by atoms with E-state index in [0.29, 0.717) is 50.2 Å². The molecular weight excluding hydrogens is 636 g/mol. The number of nitro benzene ring substituents is 1. The summed E-state index contributed by atoms with van der Waals surface area (Å²) in [5.74, 6) is -0.359. The monoisotopic (exact) mass is 670 g/mol. The molecule has 0 aliphatic rings. The van der Waals surface area contributed by atoms with Crippen molar-refractivity contribution < 1.29 is 33.5 Å². The summed E-state index contributed by atoms with van der Waals surface area (Å²) >= 11 is 1.24. The van der Waals surface area contributed by atoms with Crippen LogP contribution in [0.25, 0.3) is 6.08 Å². The number of thioether (sulfide) groups is 1. The summed E-state index contributed by atoms with van der Waals surface area (Å²) in [7, 11) is 4.42. The molecule has 3 amide bonds. The van der Waals surface area contributed by atoms with Crippen LogP contribution in [0.5, 0.6) is 17.2 Å². The summed E-state index contributed by atoms with van der Waals surface area (Å²) in [4.78, 5) is 51.1. The Morgan fingerprint density at radius 1 is 0.854 bits per heavy atom. The fourth-order valence-corrected chi connectivity index (χ4v) is 5.42. The van der Waals surface area contributed by atoms with Crippen LogP contribution in [0.3, 0.4) is 0 Å². The van der Waals surface area contributed by atoms with Gasteiger partial charge in [0.1, 0.15) is 5.70 Å². The van der Waals surface area contributed by atoms with E-state index >= 15 is 0 Å². The van der Waals surface area contributed by atoms with Gasteiger partial charge >= 0.3 is 0 Å². The first-order chi connectivity index (χ1) is 23.0. The molecule has 0 saturated carbocycles. The number of amides is 3. The summed E-state index contributed by atoms with van der Waals surface area (Å²) in [6, 6.07) is 22.9. The predicted molar refractivity (Wildman–Crippen MR) is 185 cm³/mol. The molecule has 4 aromatic carbocycles. The number of nitro groups is 1. The van der Waals surface area contributed by atoms with Gasteiger partial charge in [-0.1, -0.05) is 30.3 Å². The zero-order valence-corrected chi connectivity index (χ0v) is 27.7. The summed E-state index contributed by atoms with van der Waals surface area (Å²) < 4.78 is 16.3. The van der Waals surface area contributed by atoms with Crippen molar-refractivity contribution >= 4 is 52.6 Å². The number of non-ortho nitro benzene ring substituents is 1. The average molecular weight is 671 g/mol. The number of methoxy groups -OCH3 is 3. The molecule has 1 unspecified atom stereocenters. The molecule has 48 heavy (non-hydrogen) atoms. The number of rotatable bonds is 13. The van der Waals surface area contributed by atoms with Crippen LogP contribution in [0.1, 0.15) is 28.4 Å². The van der Waals surface area contributed by atoms with E-state index in [-0.39, 0.29) is 17.3 Å². The number of carbonyl (C=O) groups excluding carboxylic acids is 3. The number of nitrogens with zero attached hydrogens (tertiary/aromatic N) is 1. The Morgan fingerprint density at radius 2 is 1.54 bits per heavy atom. The maximum absolute atomic E-state index is 13.7. The number of aryl methyl sites for hydroxylation is 1. The minimum atomic E-state index is -0.609. The molecule has 0 radical (unpaired) electrons. The maximum atomic E-state index is 13.7. The van der Waals surface area contributed by atoms with Gasteiger partial charge < -0.3 is 30.2 Å². The van der Waals surface area contributed by atoms with E-state index in [2.05, 4.69) is 16.0 Å². The summed E-state index contributed by atoms with van der Waals surface area (Å²) in [5.41, 5.74) is 2.11. The molecule has 0 heterocycles. The lowest BCUT2D eigenvalue weighted by Gasteiger charge is -2.15. The van der Waals surface area contributed by atoms with Gasteiger partial charge in [-0.3, -0.25) is 24.5 Å². The second-order valence-electron chi connectivity index (χ2n) is 10.3. The number of hydrogen-bond donors (Lipinski definition) is 3. The van der Waals surface area contributed by atoms with Crippen LogP contribution >= 0.6 is 11.8 Å². The summed E-state index contributed by atoms with van der Waals surface area (Å²) in [5, 5.41) is 18.9. The first-order valence-electron chi connectivity index (χ1n) is 14.5. The third kappa shape index (κ3) is 8.91. The minimum Gasteiger partial charge on any atom is -0.493 e. The lowest BCUT2D eigenvalue weighted by atomic mass is 10.1.